The third kappa shape index (κ3) is 3.54. The third-order valence-corrected chi connectivity index (χ3v) is 2.83. The lowest BCUT2D eigenvalue weighted by atomic mass is 10.2. The van der Waals surface area contributed by atoms with Gasteiger partial charge in [-0.25, -0.2) is 4.79 Å². The highest BCUT2D eigenvalue weighted by atomic mass is 32.1. The van der Waals surface area contributed by atoms with E-state index in [-0.39, 0.29) is 5.97 Å². The van der Waals surface area contributed by atoms with Gasteiger partial charge in [0.05, 0.1) is 7.11 Å². The van der Waals surface area contributed by atoms with Gasteiger partial charge in [0.2, 0.25) is 0 Å². The van der Waals surface area contributed by atoms with Crippen LogP contribution in [0, 0.1) is 0 Å². The Balaban J connectivity index is 2.58. The van der Waals surface area contributed by atoms with E-state index in [9.17, 15) is 4.79 Å². The van der Waals surface area contributed by atoms with E-state index in [1.807, 2.05) is 17.5 Å². The van der Waals surface area contributed by atoms with Crippen LogP contribution in [0.25, 0.3) is 10.4 Å². The van der Waals surface area contributed by atoms with Gasteiger partial charge in [-0.1, -0.05) is 11.2 Å². The zero-order valence-electron chi connectivity index (χ0n) is 8.79. The normalized spacial score (nSPS) is 11.6. The third-order valence-electron chi connectivity index (χ3n) is 1.89. The molecule has 1 aromatic rings. The van der Waals surface area contributed by atoms with Gasteiger partial charge < -0.3 is 4.74 Å². The molecule has 1 unspecified atom stereocenters. The maximum atomic E-state index is 11.5. The van der Waals surface area contributed by atoms with Crippen molar-refractivity contribution in [3.8, 4) is 0 Å². The van der Waals surface area contributed by atoms with E-state index < -0.39 is 6.04 Å². The van der Waals surface area contributed by atoms with E-state index in [4.69, 9.17) is 10.3 Å². The summed E-state index contributed by atoms with van der Waals surface area (Å²) in [6.07, 6.45) is 0. The Labute approximate surface area is 96.9 Å². The molecule has 1 N–H and O–H groups in total. The van der Waals surface area contributed by atoms with Crippen LogP contribution in [0.2, 0.25) is 0 Å². The molecule has 6 nitrogen and oxygen atoms in total. The summed E-state index contributed by atoms with van der Waals surface area (Å²) in [6.45, 7) is 0.733. The van der Waals surface area contributed by atoms with Crippen LogP contribution in [-0.2, 0) is 9.53 Å². The van der Waals surface area contributed by atoms with E-state index in [2.05, 4.69) is 15.3 Å². The average molecular weight is 240 g/mol. The molecule has 0 aromatic carbocycles. The van der Waals surface area contributed by atoms with Gasteiger partial charge in [-0.05, 0) is 17.0 Å². The maximum absolute atomic E-state index is 11.5. The van der Waals surface area contributed by atoms with E-state index >= 15 is 0 Å². The lowest BCUT2D eigenvalue weighted by Crippen LogP contribution is -2.30. The molecule has 7 heteroatoms. The Morgan fingerprint density at radius 1 is 1.81 bits per heavy atom. The molecule has 0 saturated heterocycles. The maximum Gasteiger partial charge on any atom is 0.328 e. The highest BCUT2D eigenvalue weighted by molar-refractivity contribution is 7.10. The molecule has 0 fully saturated rings. The second kappa shape index (κ2) is 6.84. The van der Waals surface area contributed by atoms with Crippen molar-refractivity contribution >= 4 is 17.3 Å². The second-order valence-electron chi connectivity index (χ2n) is 2.88. The first-order chi connectivity index (χ1) is 7.79. The highest BCUT2D eigenvalue weighted by Crippen LogP contribution is 2.19. The molecule has 1 rings (SSSR count). The van der Waals surface area contributed by atoms with Crippen molar-refractivity contribution < 1.29 is 9.53 Å². The number of azide groups is 1. The second-order valence-corrected chi connectivity index (χ2v) is 3.86. The molecular formula is C9H12N4O2S. The molecule has 0 aliphatic rings. The van der Waals surface area contributed by atoms with E-state index in [1.165, 1.54) is 18.4 Å². The molecule has 0 aliphatic carbocycles. The van der Waals surface area contributed by atoms with Gasteiger partial charge in [0.15, 0.2) is 0 Å². The number of carbonyl (C=O) groups is 1. The van der Waals surface area contributed by atoms with Gasteiger partial charge >= 0.3 is 5.97 Å². The minimum absolute atomic E-state index is 0.301. The zero-order valence-corrected chi connectivity index (χ0v) is 9.61. The minimum Gasteiger partial charge on any atom is -0.468 e. The molecule has 16 heavy (non-hydrogen) atoms. The SMILES string of the molecule is COC(=O)C(NCCN=[N+]=[N-])c1cccs1. The van der Waals surface area contributed by atoms with Crippen LogP contribution in [0.5, 0.6) is 0 Å². The first-order valence-corrected chi connectivity index (χ1v) is 5.53. The van der Waals surface area contributed by atoms with Crippen LogP contribution in [0.15, 0.2) is 22.6 Å². The van der Waals surface area contributed by atoms with Crippen LogP contribution in [0.1, 0.15) is 10.9 Å². The van der Waals surface area contributed by atoms with Crippen LogP contribution in [0.4, 0.5) is 0 Å². The molecule has 1 aromatic heterocycles. The number of nitrogens with one attached hydrogen (secondary N) is 1. The molecular weight excluding hydrogens is 228 g/mol. The van der Waals surface area contributed by atoms with Crippen molar-refractivity contribution in [3.05, 3.63) is 32.8 Å². The van der Waals surface area contributed by atoms with Crippen LogP contribution < -0.4 is 5.32 Å². The molecule has 0 saturated carbocycles. The number of nitrogens with zero attached hydrogens (tertiary/aromatic N) is 3. The summed E-state index contributed by atoms with van der Waals surface area (Å²) >= 11 is 1.47. The Morgan fingerprint density at radius 3 is 3.19 bits per heavy atom. The van der Waals surface area contributed by atoms with E-state index in [0.717, 1.165) is 4.88 Å². The number of thiophene rings is 1. The fourth-order valence-electron chi connectivity index (χ4n) is 1.18. The van der Waals surface area contributed by atoms with Gasteiger partial charge in [-0.2, -0.15) is 0 Å². The Kier molecular flexibility index (Phi) is 5.35. The summed E-state index contributed by atoms with van der Waals surface area (Å²) in [5.41, 5.74) is 8.11. The quantitative estimate of drug-likeness (QED) is 0.271. The Hall–Kier alpha value is -1.56. The van der Waals surface area contributed by atoms with Crippen molar-refractivity contribution in [1.29, 1.82) is 0 Å². The standard InChI is InChI=1S/C9H12N4O2S/c1-15-9(14)8(7-3-2-6-16-7)11-4-5-12-13-10/h2-3,6,8,11H,4-5H2,1H3. The van der Waals surface area contributed by atoms with Gasteiger partial charge in [-0.3, -0.25) is 5.32 Å². The van der Waals surface area contributed by atoms with Crippen molar-refractivity contribution in [2.24, 2.45) is 5.11 Å². The van der Waals surface area contributed by atoms with Gasteiger partial charge in [-0.15, -0.1) is 11.3 Å². The average Bonchev–Trinajstić information content (AvgIpc) is 2.82. The largest absolute Gasteiger partial charge is 0.468 e. The van der Waals surface area contributed by atoms with Crippen molar-refractivity contribution in [2.75, 3.05) is 20.2 Å². The number of rotatable bonds is 6. The van der Waals surface area contributed by atoms with Crippen molar-refractivity contribution in [3.63, 3.8) is 0 Å². The molecule has 0 aliphatic heterocycles. The fourth-order valence-corrected chi connectivity index (χ4v) is 1.96. The number of hydrogen-bond acceptors (Lipinski definition) is 5. The van der Waals surface area contributed by atoms with E-state index in [1.54, 1.807) is 0 Å². The molecule has 86 valence electrons. The van der Waals surface area contributed by atoms with Crippen LogP contribution in [-0.4, -0.2) is 26.2 Å². The van der Waals surface area contributed by atoms with E-state index in [0.29, 0.717) is 13.1 Å². The Bertz CT molecular complexity index is 373. The number of esters is 1. The molecule has 0 radical (unpaired) electrons. The highest BCUT2D eigenvalue weighted by Gasteiger charge is 2.21. The summed E-state index contributed by atoms with van der Waals surface area (Å²) in [4.78, 5) is 15.0. The monoisotopic (exact) mass is 240 g/mol. The zero-order chi connectivity index (χ0) is 11.8. The predicted octanol–water partition coefficient (Wildman–Crippen LogP) is 1.86. The predicted molar refractivity (Wildman–Crippen MR) is 61.1 cm³/mol. The van der Waals surface area contributed by atoms with Crippen molar-refractivity contribution in [1.82, 2.24) is 5.32 Å². The first-order valence-electron chi connectivity index (χ1n) is 4.65. The van der Waals surface area contributed by atoms with Gasteiger partial charge in [0, 0.05) is 22.9 Å². The summed E-state index contributed by atoms with van der Waals surface area (Å²) in [7, 11) is 1.35. The molecule has 0 spiro atoms. The Morgan fingerprint density at radius 2 is 2.62 bits per heavy atom. The molecule has 1 heterocycles. The summed E-state index contributed by atoms with van der Waals surface area (Å²) in [5.74, 6) is -0.344. The number of carbonyl (C=O) groups excluding carboxylic acids is 1. The fraction of sp³-hybridized carbons (Fsp3) is 0.444. The van der Waals surface area contributed by atoms with Crippen LogP contribution >= 0.6 is 11.3 Å². The molecule has 0 bridgehead atoms. The number of hydrogen-bond donors (Lipinski definition) is 1. The van der Waals surface area contributed by atoms with Crippen LogP contribution in [0.3, 0.4) is 0 Å². The van der Waals surface area contributed by atoms with Crippen molar-refractivity contribution in [2.45, 2.75) is 6.04 Å². The molecule has 0 amide bonds. The van der Waals surface area contributed by atoms with Gasteiger partial charge in [0.1, 0.15) is 6.04 Å². The van der Waals surface area contributed by atoms with Gasteiger partial charge in [0.25, 0.3) is 0 Å². The first kappa shape index (κ1) is 12.5. The lowest BCUT2D eigenvalue weighted by Gasteiger charge is -2.13. The smallest absolute Gasteiger partial charge is 0.328 e. The summed E-state index contributed by atoms with van der Waals surface area (Å²) < 4.78 is 4.69. The molecule has 1 atom stereocenters. The lowest BCUT2D eigenvalue weighted by molar-refractivity contribution is -0.143. The summed E-state index contributed by atoms with van der Waals surface area (Å²) in [5, 5.41) is 8.25. The topological polar surface area (TPSA) is 87.1 Å². The minimum atomic E-state index is -0.487. The summed E-state index contributed by atoms with van der Waals surface area (Å²) in [6, 6.07) is 3.23. The number of ether oxygens (including phenoxy) is 1. The number of methoxy groups -OCH3 is 1.